The smallest absolute Gasteiger partial charge is 0.277 e. The number of carbonyl (C=O) groups is 1. The highest BCUT2D eigenvalue weighted by atomic mass is 79.9. The number of benzene rings is 1. The van der Waals surface area contributed by atoms with E-state index in [2.05, 4.69) is 28.2 Å². The van der Waals surface area contributed by atoms with Gasteiger partial charge in [-0.1, -0.05) is 6.92 Å². The molecule has 2 N–H and O–H groups in total. The van der Waals surface area contributed by atoms with Crippen LogP contribution in [0.4, 0.5) is 5.69 Å². The summed E-state index contributed by atoms with van der Waals surface area (Å²) >= 11 is 3.47. The molecule has 5 heteroatoms. The number of aryl methyl sites for hydroxylation is 1. The number of halogens is 1. The Bertz CT molecular complexity index is 567. The molecule has 0 spiro atoms. The summed E-state index contributed by atoms with van der Waals surface area (Å²) in [6, 6.07) is 3.85. The number of anilines is 1. The third-order valence-electron chi connectivity index (χ3n) is 4.41. The van der Waals surface area contributed by atoms with Crippen LogP contribution in [0.2, 0.25) is 0 Å². The van der Waals surface area contributed by atoms with E-state index in [1.54, 1.807) is 0 Å². The minimum Gasteiger partial charge on any atom is -0.364 e. The summed E-state index contributed by atoms with van der Waals surface area (Å²) in [5.41, 5.74) is 0.867. The number of aliphatic hydroxyl groups is 1. The lowest BCUT2D eigenvalue weighted by atomic mass is 9.93. The molecule has 108 valence electrons. The summed E-state index contributed by atoms with van der Waals surface area (Å²) in [6.07, 6.45) is 2.02. The second-order valence-corrected chi connectivity index (χ2v) is 6.82. The van der Waals surface area contributed by atoms with Crippen LogP contribution < -0.4 is 5.32 Å². The van der Waals surface area contributed by atoms with Gasteiger partial charge in [0.15, 0.2) is 0 Å². The number of nitrogens with zero attached hydrogens (tertiary/aromatic N) is 1. The second-order valence-electron chi connectivity index (χ2n) is 5.97. The number of likely N-dealkylation sites (tertiary alicyclic amines) is 1. The standard InChI is InChI=1S/C15H19BrN2O2/c1-9-3-5-18(6-4-9)15(20)11-7-10(2)8-12(16)13(11)17-14(15)19/h7-9,20H,3-6H2,1-2H3,(H,17,19)/t15-/m0/s1. The number of piperidine rings is 1. The van der Waals surface area contributed by atoms with Crippen LogP contribution in [0.25, 0.3) is 0 Å². The molecule has 0 unspecified atom stereocenters. The molecule has 1 aromatic carbocycles. The predicted octanol–water partition coefficient (Wildman–Crippen LogP) is 2.59. The van der Waals surface area contributed by atoms with Crippen LogP contribution in [0.3, 0.4) is 0 Å². The number of amides is 1. The first-order valence-corrected chi connectivity index (χ1v) is 7.81. The van der Waals surface area contributed by atoms with Crippen molar-refractivity contribution in [2.24, 2.45) is 5.92 Å². The van der Waals surface area contributed by atoms with Crippen molar-refractivity contribution in [3.8, 4) is 0 Å². The Morgan fingerprint density at radius 1 is 1.40 bits per heavy atom. The molecule has 0 bridgehead atoms. The molecule has 1 atom stereocenters. The molecule has 2 aliphatic rings. The van der Waals surface area contributed by atoms with E-state index in [1.165, 1.54) is 0 Å². The average molecular weight is 339 g/mol. The van der Waals surface area contributed by atoms with E-state index in [1.807, 2.05) is 24.0 Å². The molecule has 0 radical (unpaired) electrons. The van der Waals surface area contributed by atoms with Crippen LogP contribution in [-0.4, -0.2) is 29.0 Å². The van der Waals surface area contributed by atoms with E-state index in [0.29, 0.717) is 17.2 Å². The van der Waals surface area contributed by atoms with Gasteiger partial charge in [-0.15, -0.1) is 0 Å². The van der Waals surface area contributed by atoms with Crippen molar-refractivity contribution in [3.63, 3.8) is 0 Å². The monoisotopic (exact) mass is 338 g/mol. The SMILES string of the molecule is Cc1cc(Br)c2c(c1)[C@@](O)(N1CCC(C)CC1)C(=O)N2. The summed E-state index contributed by atoms with van der Waals surface area (Å²) in [7, 11) is 0. The van der Waals surface area contributed by atoms with E-state index < -0.39 is 5.72 Å². The van der Waals surface area contributed by atoms with Gasteiger partial charge in [0, 0.05) is 23.1 Å². The van der Waals surface area contributed by atoms with E-state index >= 15 is 0 Å². The molecule has 0 aliphatic carbocycles. The van der Waals surface area contributed by atoms with Gasteiger partial charge >= 0.3 is 0 Å². The Hall–Kier alpha value is -0.910. The van der Waals surface area contributed by atoms with E-state index in [-0.39, 0.29) is 5.91 Å². The molecule has 2 heterocycles. The highest BCUT2D eigenvalue weighted by molar-refractivity contribution is 9.10. The molecular weight excluding hydrogens is 320 g/mol. The van der Waals surface area contributed by atoms with E-state index in [9.17, 15) is 9.90 Å². The van der Waals surface area contributed by atoms with Crippen molar-refractivity contribution in [2.45, 2.75) is 32.4 Å². The Balaban J connectivity index is 2.04. The quantitative estimate of drug-likeness (QED) is 0.827. The molecule has 2 aliphatic heterocycles. The highest BCUT2D eigenvalue weighted by Gasteiger charge is 2.51. The molecule has 4 nitrogen and oxygen atoms in total. The van der Waals surface area contributed by atoms with Crippen LogP contribution in [0.1, 0.15) is 30.9 Å². The molecule has 3 rings (SSSR count). The zero-order valence-electron chi connectivity index (χ0n) is 11.7. The van der Waals surface area contributed by atoms with Crippen molar-refractivity contribution < 1.29 is 9.90 Å². The average Bonchev–Trinajstić information content (AvgIpc) is 2.65. The van der Waals surface area contributed by atoms with Gasteiger partial charge in [-0.2, -0.15) is 0 Å². The maximum absolute atomic E-state index is 12.4. The van der Waals surface area contributed by atoms with Gasteiger partial charge in [0.2, 0.25) is 5.72 Å². The number of nitrogens with one attached hydrogen (secondary N) is 1. The number of hydrogen-bond acceptors (Lipinski definition) is 3. The van der Waals surface area contributed by atoms with Gasteiger partial charge in [-0.05, 0) is 59.3 Å². The zero-order valence-corrected chi connectivity index (χ0v) is 13.3. The minimum atomic E-state index is -1.52. The summed E-state index contributed by atoms with van der Waals surface area (Å²) in [5, 5.41) is 13.9. The first-order valence-electron chi connectivity index (χ1n) is 7.02. The summed E-state index contributed by atoms with van der Waals surface area (Å²) in [4.78, 5) is 14.3. The maximum Gasteiger partial charge on any atom is 0.277 e. The molecule has 1 fully saturated rings. The second kappa shape index (κ2) is 4.83. The van der Waals surface area contributed by atoms with Crippen LogP contribution in [-0.2, 0) is 10.5 Å². The largest absolute Gasteiger partial charge is 0.364 e. The Kier molecular flexibility index (Phi) is 3.39. The maximum atomic E-state index is 12.4. The molecule has 1 aromatic rings. The first kappa shape index (κ1) is 14.0. The van der Waals surface area contributed by atoms with Crippen molar-refractivity contribution in [1.29, 1.82) is 0 Å². The van der Waals surface area contributed by atoms with Gasteiger partial charge in [-0.25, -0.2) is 0 Å². The first-order chi connectivity index (χ1) is 9.42. The summed E-state index contributed by atoms with van der Waals surface area (Å²) in [5.74, 6) is 0.316. The van der Waals surface area contributed by atoms with Gasteiger partial charge in [-0.3, -0.25) is 9.69 Å². The van der Waals surface area contributed by atoms with Crippen LogP contribution >= 0.6 is 15.9 Å². The van der Waals surface area contributed by atoms with Crippen LogP contribution in [0.5, 0.6) is 0 Å². The van der Waals surface area contributed by atoms with Crippen molar-refractivity contribution in [1.82, 2.24) is 4.90 Å². The minimum absolute atomic E-state index is 0.339. The topological polar surface area (TPSA) is 52.6 Å². The van der Waals surface area contributed by atoms with Crippen molar-refractivity contribution in [3.05, 3.63) is 27.7 Å². The number of rotatable bonds is 1. The Morgan fingerprint density at radius 2 is 2.05 bits per heavy atom. The normalized spacial score (nSPS) is 27.5. The third-order valence-corrected chi connectivity index (χ3v) is 5.03. The van der Waals surface area contributed by atoms with E-state index in [4.69, 9.17) is 0 Å². The molecular formula is C15H19BrN2O2. The van der Waals surface area contributed by atoms with E-state index in [0.717, 1.165) is 36.0 Å². The fourth-order valence-corrected chi connectivity index (χ4v) is 3.79. The molecule has 1 saturated heterocycles. The summed E-state index contributed by atoms with van der Waals surface area (Å²) in [6.45, 7) is 5.67. The van der Waals surface area contributed by atoms with Gasteiger partial charge in [0.1, 0.15) is 0 Å². The molecule has 0 saturated carbocycles. The lowest BCUT2D eigenvalue weighted by Gasteiger charge is -2.39. The third kappa shape index (κ3) is 2.00. The lowest BCUT2D eigenvalue weighted by Crippen LogP contribution is -2.53. The van der Waals surface area contributed by atoms with Gasteiger partial charge < -0.3 is 10.4 Å². The van der Waals surface area contributed by atoms with Gasteiger partial charge in [0.05, 0.1) is 5.69 Å². The fraction of sp³-hybridized carbons (Fsp3) is 0.533. The highest BCUT2D eigenvalue weighted by Crippen LogP contribution is 2.44. The zero-order chi connectivity index (χ0) is 14.5. The molecule has 20 heavy (non-hydrogen) atoms. The Labute approximate surface area is 127 Å². The van der Waals surface area contributed by atoms with Crippen LogP contribution in [0, 0.1) is 12.8 Å². The lowest BCUT2D eigenvalue weighted by molar-refractivity contribution is -0.162. The van der Waals surface area contributed by atoms with Crippen LogP contribution in [0.15, 0.2) is 16.6 Å². The predicted molar refractivity (Wildman–Crippen MR) is 81.4 cm³/mol. The molecule has 1 amide bonds. The molecule has 0 aromatic heterocycles. The summed E-state index contributed by atoms with van der Waals surface area (Å²) < 4.78 is 0.821. The fourth-order valence-electron chi connectivity index (χ4n) is 3.11. The number of carbonyl (C=O) groups excluding carboxylic acids is 1. The van der Waals surface area contributed by atoms with Crippen molar-refractivity contribution >= 4 is 27.5 Å². The van der Waals surface area contributed by atoms with Gasteiger partial charge in [0.25, 0.3) is 5.91 Å². The number of hydrogen-bond donors (Lipinski definition) is 2. The van der Waals surface area contributed by atoms with Crippen molar-refractivity contribution in [2.75, 3.05) is 18.4 Å². The number of fused-ring (bicyclic) bond motifs is 1. The Morgan fingerprint density at radius 3 is 2.70 bits per heavy atom.